The lowest BCUT2D eigenvalue weighted by Crippen LogP contribution is -2.34. The number of ketones is 1. The number of amides is 2. The molecule has 0 radical (unpaired) electrons. The number of allylic oxidation sites excluding steroid dienone is 1. The molecule has 3 heterocycles. The third kappa shape index (κ3) is 3.08. The fraction of sp³-hybridized carbons (Fsp3) is 0.115. The van der Waals surface area contributed by atoms with Crippen molar-refractivity contribution in [3.8, 4) is 0 Å². The molecule has 1 saturated heterocycles. The molecule has 0 bridgehead atoms. The number of nitrogens with zero attached hydrogens (tertiary/aromatic N) is 3. The van der Waals surface area contributed by atoms with Gasteiger partial charge in [0.05, 0.1) is 39.5 Å². The molecule has 0 spiro atoms. The van der Waals surface area contributed by atoms with E-state index in [0.29, 0.717) is 21.8 Å². The van der Waals surface area contributed by atoms with E-state index in [1.54, 1.807) is 48.7 Å². The molecule has 3 aliphatic rings. The van der Waals surface area contributed by atoms with Crippen LogP contribution in [0.3, 0.4) is 0 Å². The van der Waals surface area contributed by atoms with Crippen molar-refractivity contribution in [2.75, 3.05) is 4.90 Å². The molecule has 1 fully saturated rings. The van der Waals surface area contributed by atoms with Crippen LogP contribution in [0, 0.1) is 11.8 Å². The standard InChI is InChI=1S/C26H15Cl2N3O4/c27-12-8-9-17(15(28)11-12)31-25(34)18-19(26(31)35)22(30-21(18)16-7-3-4-10-29-16)20-23(32)13-5-1-2-6-14(13)24(20)33/h1-11,18-19,21,32H. The van der Waals surface area contributed by atoms with E-state index in [1.165, 1.54) is 18.2 Å². The summed E-state index contributed by atoms with van der Waals surface area (Å²) in [6, 6.07) is 15.5. The van der Waals surface area contributed by atoms with Gasteiger partial charge in [0, 0.05) is 22.3 Å². The number of carbonyl (C=O) groups excluding carboxylic acids is 3. The van der Waals surface area contributed by atoms with Crippen LogP contribution in [0.15, 0.2) is 77.4 Å². The Morgan fingerprint density at radius 2 is 1.63 bits per heavy atom. The van der Waals surface area contributed by atoms with Crippen molar-refractivity contribution in [1.82, 2.24) is 4.98 Å². The number of aliphatic imine (C=N–C) groups is 1. The second-order valence-corrected chi connectivity index (χ2v) is 9.27. The summed E-state index contributed by atoms with van der Waals surface area (Å²) in [5.41, 5.74) is 1.36. The highest BCUT2D eigenvalue weighted by atomic mass is 35.5. The maximum atomic E-state index is 13.8. The predicted molar refractivity (Wildman–Crippen MR) is 131 cm³/mol. The van der Waals surface area contributed by atoms with E-state index in [-0.39, 0.29) is 27.8 Å². The molecule has 3 atom stereocenters. The third-order valence-electron chi connectivity index (χ3n) is 6.55. The predicted octanol–water partition coefficient (Wildman–Crippen LogP) is 4.86. The normalized spacial score (nSPS) is 23.1. The number of hydrogen-bond donors (Lipinski definition) is 1. The van der Waals surface area contributed by atoms with Crippen LogP contribution < -0.4 is 4.90 Å². The third-order valence-corrected chi connectivity index (χ3v) is 7.09. The van der Waals surface area contributed by atoms with Gasteiger partial charge in [0.1, 0.15) is 11.8 Å². The van der Waals surface area contributed by atoms with Crippen LogP contribution in [0.2, 0.25) is 10.0 Å². The SMILES string of the molecule is O=C1C(C2=NC(c3ccccn3)C3C(=O)N(c4ccc(Cl)cc4Cl)C(=O)C23)=C(O)c2ccccc21. The molecule has 172 valence electrons. The van der Waals surface area contributed by atoms with Gasteiger partial charge in [-0.1, -0.05) is 53.5 Å². The summed E-state index contributed by atoms with van der Waals surface area (Å²) in [6.07, 6.45) is 1.57. The van der Waals surface area contributed by atoms with E-state index in [0.717, 1.165) is 4.90 Å². The highest BCUT2D eigenvalue weighted by Gasteiger charge is 2.60. The number of imide groups is 1. The molecule has 6 rings (SSSR count). The Bertz CT molecular complexity index is 1520. The van der Waals surface area contributed by atoms with Crippen molar-refractivity contribution in [3.63, 3.8) is 0 Å². The first-order chi connectivity index (χ1) is 16.9. The largest absolute Gasteiger partial charge is 0.506 e. The maximum Gasteiger partial charge on any atom is 0.243 e. The number of benzene rings is 2. The van der Waals surface area contributed by atoms with Crippen LogP contribution in [0.4, 0.5) is 5.69 Å². The molecule has 0 saturated carbocycles. The lowest BCUT2D eigenvalue weighted by molar-refractivity contribution is -0.122. The number of anilines is 1. The van der Waals surface area contributed by atoms with Crippen molar-refractivity contribution >= 4 is 58.0 Å². The fourth-order valence-corrected chi connectivity index (χ4v) is 5.52. The summed E-state index contributed by atoms with van der Waals surface area (Å²) in [5, 5.41) is 11.5. The van der Waals surface area contributed by atoms with Crippen molar-refractivity contribution in [2.45, 2.75) is 6.04 Å². The number of aromatic nitrogens is 1. The van der Waals surface area contributed by atoms with Crippen LogP contribution in [0.1, 0.15) is 27.7 Å². The van der Waals surface area contributed by atoms with Gasteiger partial charge in [-0.15, -0.1) is 0 Å². The monoisotopic (exact) mass is 503 g/mol. The minimum Gasteiger partial charge on any atom is -0.506 e. The van der Waals surface area contributed by atoms with Gasteiger partial charge in [-0.05, 0) is 30.3 Å². The number of aliphatic hydroxyl groups excluding tert-OH is 1. The Morgan fingerprint density at radius 1 is 0.886 bits per heavy atom. The molecular weight excluding hydrogens is 489 g/mol. The van der Waals surface area contributed by atoms with E-state index >= 15 is 0 Å². The van der Waals surface area contributed by atoms with Gasteiger partial charge in [0.25, 0.3) is 0 Å². The summed E-state index contributed by atoms with van der Waals surface area (Å²) in [6.45, 7) is 0. The minimum atomic E-state index is -1.09. The van der Waals surface area contributed by atoms with Gasteiger partial charge >= 0.3 is 0 Å². The number of halogens is 2. The first kappa shape index (κ1) is 21.7. The maximum absolute atomic E-state index is 13.8. The number of Topliss-reactive ketones (excluding diaryl/α,β-unsaturated/α-hetero) is 1. The van der Waals surface area contributed by atoms with E-state index in [1.807, 2.05) is 0 Å². The number of rotatable bonds is 3. The number of hydrogen-bond acceptors (Lipinski definition) is 6. The Hall–Kier alpha value is -3.81. The molecule has 3 aromatic rings. The van der Waals surface area contributed by atoms with Crippen molar-refractivity contribution in [2.24, 2.45) is 16.8 Å². The van der Waals surface area contributed by atoms with Crippen LogP contribution in [-0.4, -0.2) is 33.4 Å². The van der Waals surface area contributed by atoms with Crippen molar-refractivity contribution in [1.29, 1.82) is 0 Å². The van der Waals surface area contributed by atoms with E-state index in [2.05, 4.69) is 9.98 Å². The van der Waals surface area contributed by atoms with Crippen molar-refractivity contribution < 1.29 is 19.5 Å². The zero-order valence-electron chi connectivity index (χ0n) is 17.9. The van der Waals surface area contributed by atoms with E-state index in [9.17, 15) is 19.5 Å². The molecule has 7 nitrogen and oxygen atoms in total. The summed E-state index contributed by atoms with van der Waals surface area (Å²) in [4.78, 5) is 50.8. The second-order valence-electron chi connectivity index (χ2n) is 8.42. The topological polar surface area (TPSA) is 99.9 Å². The molecule has 2 aliphatic heterocycles. The first-order valence-corrected chi connectivity index (χ1v) is 11.5. The van der Waals surface area contributed by atoms with Crippen LogP contribution in [0.25, 0.3) is 5.76 Å². The summed E-state index contributed by atoms with van der Waals surface area (Å²) in [5.74, 6) is -3.83. The average Bonchev–Trinajstić information content (AvgIpc) is 3.45. The molecule has 35 heavy (non-hydrogen) atoms. The van der Waals surface area contributed by atoms with Gasteiger partial charge in [-0.25, -0.2) is 4.90 Å². The van der Waals surface area contributed by atoms with Gasteiger partial charge in [-0.3, -0.25) is 24.4 Å². The molecule has 9 heteroatoms. The Labute approximate surface area is 209 Å². The Morgan fingerprint density at radius 3 is 2.31 bits per heavy atom. The number of aliphatic hydroxyl groups is 1. The van der Waals surface area contributed by atoms with Crippen molar-refractivity contribution in [3.05, 3.63) is 99.3 Å². The fourth-order valence-electron chi connectivity index (χ4n) is 5.03. The second kappa shape index (κ2) is 7.86. The highest BCUT2D eigenvalue weighted by Crippen LogP contribution is 2.49. The smallest absolute Gasteiger partial charge is 0.243 e. The zero-order valence-corrected chi connectivity index (χ0v) is 19.4. The van der Waals surface area contributed by atoms with Gasteiger partial charge in [-0.2, -0.15) is 0 Å². The number of carbonyl (C=O) groups is 3. The van der Waals surface area contributed by atoms with Gasteiger partial charge < -0.3 is 5.11 Å². The quantitative estimate of drug-likeness (QED) is 0.514. The minimum absolute atomic E-state index is 0.0650. The molecule has 1 aliphatic carbocycles. The van der Waals surface area contributed by atoms with Gasteiger partial charge in [0.15, 0.2) is 5.78 Å². The Kier molecular flexibility index (Phi) is 4.88. The first-order valence-electron chi connectivity index (χ1n) is 10.8. The van der Waals surface area contributed by atoms with Crippen LogP contribution in [0.5, 0.6) is 0 Å². The molecule has 2 aromatic carbocycles. The lowest BCUT2D eigenvalue weighted by Gasteiger charge is -2.19. The van der Waals surface area contributed by atoms with E-state index in [4.69, 9.17) is 23.2 Å². The summed E-state index contributed by atoms with van der Waals surface area (Å²) < 4.78 is 0. The van der Waals surface area contributed by atoms with Crippen LogP contribution >= 0.6 is 23.2 Å². The molecule has 2 amide bonds. The zero-order chi connectivity index (χ0) is 24.4. The summed E-state index contributed by atoms with van der Waals surface area (Å²) >= 11 is 12.4. The molecular formula is C26H15Cl2N3O4. The van der Waals surface area contributed by atoms with Gasteiger partial charge in [0.2, 0.25) is 11.8 Å². The average molecular weight is 504 g/mol. The molecule has 1 N–H and O–H groups in total. The highest BCUT2D eigenvalue weighted by molar-refractivity contribution is 6.44. The molecule has 1 aromatic heterocycles. The number of fused-ring (bicyclic) bond motifs is 2. The summed E-state index contributed by atoms with van der Waals surface area (Å²) in [7, 11) is 0. The lowest BCUT2D eigenvalue weighted by atomic mass is 9.84. The number of pyridine rings is 1. The molecule has 3 unspecified atom stereocenters. The van der Waals surface area contributed by atoms with Crippen LogP contribution in [-0.2, 0) is 9.59 Å². The van der Waals surface area contributed by atoms with E-state index < -0.39 is 35.5 Å². The Balaban J connectivity index is 1.52.